The maximum Gasteiger partial charge on any atom is 0.251 e. The number of likely N-dealkylation sites (tertiary alicyclic amines) is 1. The van der Waals surface area contributed by atoms with Crippen LogP contribution in [0, 0.1) is 11.8 Å². The van der Waals surface area contributed by atoms with E-state index in [1.165, 1.54) is 37.4 Å². The predicted octanol–water partition coefficient (Wildman–Crippen LogP) is 4.63. The number of Topliss-reactive ketones (excluding diaryl/α,β-unsaturated/α-hetero) is 1. The average Bonchev–Trinajstić information content (AvgIpc) is 3.66. The Morgan fingerprint density at radius 2 is 1.94 bits per heavy atom. The number of fused-ring (bicyclic) bond motifs is 4. The minimum Gasteiger partial charge on any atom is -0.497 e. The zero-order chi connectivity index (χ0) is 23.9. The van der Waals surface area contributed by atoms with E-state index in [0.717, 1.165) is 37.5 Å². The number of ketones is 1. The smallest absolute Gasteiger partial charge is 0.251 e. The highest BCUT2D eigenvalue weighted by molar-refractivity contribution is 5.99. The number of rotatable bonds is 8. The van der Waals surface area contributed by atoms with Crippen molar-refractivity contribution in [3.05, 3.63) is 64.7 Å². The summed E-state index contributed by atoms with van der Waals surface area (Å²) in [5.74, 6) is 2.17. The van der Waals surface area contributed by atoms with Gasteiger partial charge in [0.1, 0.15) is 5.75 Å². The van der Waals surface area contributed by atoms with Gasteiger partial charge in [0, 0.05) is 35.7 Å². The van der Waals surface area contributed by atoms with E-state index in [4.69, 9.17) is 4.74 Å². The molecule has 0 spiro atoms. The molecule has 2 fully saturated rings. The van der Waals surface area contributed by atoms with Crippen LogP contribution in [0.3, 0.4) is 0 Å². The molecule has 5 rings (SSSR count). The third-order valence-electron chi connectivity index (χ3n) is 8.62. The van der Waals surface area contributed by atoms with Gasteiger partial charge in [-0.25, -0.2) is 0 Å². The standard InChI is InChI=1S/C29H36N2O3/c1-19-27-16-23-9-10-25(34-3)17-26(23)29(19,12-14-31(27)18-21-7-8-21)11-13-30-28(33)24-6-4-5-22(15-24)20(2)32/h4-6,9-10,15,17,19,21,27H,7-8,11-14,16,18H2,1-3H3,(H,30,33)/t19-,27+,29-/m0/s1. The van der Waals surface area contributed by atoms with Crippen molar-refractivity contribution in [3.8, 4) is 5.75 Å². The molecule has 1 N–H and O–H groups in total. The molecule has 34 heavy (non-hydrogen) atoms. The number of ether oxygens (including phenoxy) is 1. The monoisotopic (exact) mass is 460 g/mol. The van der Waals surface area contributed by atoms with E-state index in [1.54, 1.807) is 31.4 Å². The minimum atomic E-state index is -0.114. The fraction of sp³-hybridized carbons (Fsp3) is 0.517. The quantitative estimate of drug-likeness (QED) is 0.584. The van der Waals surface area contributed by atoms with E-state index in [-0.39, 0.29) is 17.1 Å². The lowest BCUT2D eigenvalue weighted by Gasteiger charge is -2.56. The number of hydrogen-bond donors (Lipinski definition) is 1. The number of nitrogens with one attached hydrogen (secondary N) is 1. The molecular formula is C29H36N2O3. The molecule has 180 valence electrons. The molecule has 1 amide bonds. The van der Waals surface area contributed by atoms with Gasteiger partial charge < -0.3 is 10.1 Å². The first-order chi connectivity index (χ1) is 16.4. The molecule has 2 aromatic rings. The average molecular weight is 461 g/mol. The molecule has 0 aromatic heterocycles. The second-order valence-electron chi connectivity index (χ2n) is 10.6. The predicted molar refractivity (Wildman–Crippen MR) is 134 cm³/mol. The van der Waals surface area contributed by atoms with Crippen LogP contribution in [0.4, 0.5) is 0 Å². The molecule has 5 nitrogen and oxygen atoms in total. The summed E-state index contributed by atoms with van der Waals surface area (Å²) in [4.78, 5) is 27.4. The highest BCUT2D eigenvalue weighted by Crippen LogP contribution is 2.52. The Kier molecular flexibility index (Phi) is 6.24. The number of piperidine rings is 1. The summed E-state index contributed by atoms with van der Waals surface area (Å²) in [5, 5.41) is 3.15. The summed E-state index contributed by atoms with van der Waals surface area (Å²) in [5.41, 5.74) is 3.99. The molecule has 2 aromatic carbocycles. The topological polar surface area (TPSA) is 58.6 Å². The van der Waals surface area contributed by atoms with Crippen molar-refractivity contribution in [3.63, 3.8) is 0 Å². The highest BCUT2D eigenvalue weighted by Gasteiger charge is 2.51. The molecule has 5 heteroatoms. The van der Waals surface area contributed by atoms with Gasteiger partial charge in [-0.05, 0) is 92.8 Å². The van der Waals surface area contributed by atoms with Crippen LogP contribution in [-0.2, 0) is 11.8 Å². The maximum atomic E-state index is 12.9. The lowest BCUT2D eigenvalue weighted by Crippen LogP contribution is -2.60. The van der Waals surface area contributed by atoms with Gasteiger partial charge in [-0.3, -0.25) is 14.5 Å². The van der Waals surface area contributed by atoms with Crippen molar-refractivity contribution in [1.29, 1.82) is 0 Å². The van der Waals surface area contributed by atoms with Gasteiger partial charge in [-0.1, -0.05) is 25.1 Å². The minimum absolute atomic E-state index is 0.0286. The summed E-state index contributed by atoms with van der Waals surface area (Å²) < 4.78 is 5.60. The molecule has 3 atom stereocenters. The number of carbonyl (C=O) groups excluding carboxylic acids is 2. The third kappa shape index (κ3) is 4.26. The van der Waals surface area contributed by atoms with Crippen LogP contribution in [0.5, 0.6) is 5.75 Å². The fourth-order valence-corrected chi connectivity index (χ4v) is 6.38. The number of methoxy groups -OCH3 is 1. The molecule has 1 aliphatic heterocycles. The van der Waals surface area contributed by atoms with Crippen LogP contribution >= 0.6 is 0 Å². The molecule has 2 aliphatic carbocycles. The first-order valence-corrected chi connectivity index (χ1v) is 12.7. The van der Waals surface area contributed by atoms with Crippen molar-refractivity contribution in [2.45, 2.75) is 57.4 Å². The van der Waals surface area contributed by atoms with Gasteiger partial charge >= 0.3 is 0 Å². The lowest BCUT2D eigenvalue weighted by atomic mass is 9.56. The SMILES string of the molecule is COc1ccc2c(c1)[C@@]1(CCNC(=O)c3cccc(C(C)=O)c3)CCN(CC3CC3)[C@H](C2)[C@@H]1C. The first kappa shape index (κ1) is 23.1. The molecule has 1 saturated carbocycles. The fourth-order valence-electron chi connectivity index (χ4n) is 6.38. The summed E-state index contributed by atoms with van der Waals surface area (Å²) in [7, 11) is 1.73. The Balaban J connectivity index is 1.37. The zero-order valence-electron chi connectivity index (χ0n) is 20.6. The first-order valence-electron chi connectivity index (χ1n) is 12.7. The van der Waals surface area contributed by atoms with Gasteiger partial charge in [0.05, 0.1) is 7.11 Å². The van der Waals surface area contributed by atoms with Crippen LogP contribution in [0.2, 0.25) is 0 Å². The molecular weight excluding hydrogens is 424 g/mol. The number of nitrogens with zero attached hydrogens (tertiary/aromatic N) is 1. The van der Waals surface area contributed by atoms with Crippen molar-refractivity contribution >= 4 is 11.7 Å². The van der Waals surface area contributed by atoms with Crippen molar-refractivity contribution < 1.29 is 14.3 Å². The molecule has 1 saturated heterocycles. The Bertz CT molecular complexity index is 1090. The molecule has 1 heterocycles. The van der Waals surface area contributed by atoms with Crippen molar-refractivity contribution in [2.24, 2.45) is 11.8 Å². The Hall–Kier alpha value is -2.66. The molecule has 0 radical (unpaired) electrons. The second-order valence-corrected chi connectivity index (χ2v) is 10.6. The molecule has 2 bridgehead atoms. The third-order valence-corrected chi connectivity index (χ3v) is 8.62. The Labute approximate surface area is 202 Å². The number of amides is 1. The van der Waals surface area contributed by atoms with Gasteiger partial charge in [0.25, 0.3) is 5.91 Å². The van der Waals surface area contributed by atoms with Crippen LogP contribution in [0.1, 0.15) is 71.4 Å². The normalized spacial score (nSPS) is 26.0. The lowest BCUT2D eigenvalue weighted by molar-refractivity contribution is 0.0159. The zero-order valence-corrected chi connectivity index (χ0v) is 20.6. The summed E-state index contributed by atoms with van der Waals surface area (Å²) in [6, 6.07) is 14.1. The van der Waals surface area contributed by atoms with E-state index in [2.05, 4.69) is 35.3 Å². The van der Waals surface area contributed by atoms with Crippen LogP contribution in [0.15, 0.2) is 42.5 Å². The number of hydrogen-bond acceptors (Lipinski definition) is 4. The maximum absolute atomic E-state index is 12.9. The second kappa shape index (κ2) is 9.18. The van der Waals surface area contributed by atoms with Crippen LogP contribution in [0.25, 0.3) is 0 Å². The van der Waals surface area contributed by atoms with E-state index < -0.39 is 0 Å². The Morgan fingerprint density at radius 3 is 2.68 bits per heavy atom. The van der Waals surface area contributed by atoms with Gasteiger partial charge in [-0.2, -0.15) is 0 Å². The number of benzene rings is 2. The van der Waals surface area contributed by atoms with Gasteiger partial charge in [-0.15, -0.1) is 0 Å². The number of carbonyl (C=O) groups is 2. The van der Waals surface area contributed by atoms with Gasteiger partial charge in [0.15, 0.2) is 5.78 Å². The molecule has 3 aliphatic rings. The van der Waals surface area contributed by atoms with E-state index in [0.29, 0.717) is 29.6 Å². The molecule has 0 unspecified atom stereocenters. The van der Waals surface area contributed by atoms with E-state index in [1.807, 2.05) is 0 Å². The summed E-state index contributed by atoms with van der Waals surface area (Å²) >= 11 is 0. The summed E-state index contributed by atoms with van der Waals surface area (Å²) in [6.07, 6.45) is 5.87. The van der Waals surface area contributed by atoms with Crippen molar-refractivity contribution in [1.82, 2.24) is 10.2 Å². The largest absolute Gasteiger partial charge is 0.497 e. The van der Waals surface area contributed by atoms with Crippen molar-refractivity contribution in [2.75, 3.05) is 26.7 Å². The Morgan fingerprint density at radius 1 is 1.15 bits per heavy atom. The van der Waals surface area contributed by atoms with E-state index in [9.17, 15) is 9.59 Å². The summed E-state index contributed by atoms with van der Waals surface area (Å²) in [6.45, 7) is 6.92. The van der Waals surface area contributed by atoms with Crippen LogP contribution in [-0.4, -0.2) is 49.4 Å². The highest BCUT2D eigenvalue weighted by atomic mass is 16.5. The van der Waals surface area contributed by atoms with Gasteiger partial charge in [0.2, 0.25) is 0 Å². The van der Waals surface area contributed by atoms with Crippen LogP contribution < -0.4 is 10.1 Å². The van der Waals surface area contributed by atoms with E-state index >= 15 is 0 Å².